The highest BCUT2D eigenvalue weighted by Gasteiger charge is 2.37. The molecular formula is C26H31N5O2. The van der Waals surface area contributed by atoms with Crippen LogP contribution in [0.1, 0.15) is 50.3 Å². The second kappa shape index (κ2) is 8.54. The highest BCUT2D eigenvalue weighted by atomic mass is 16.5. The van der Waals surface area contributed by atoms with E-state index in [2.05, 4.69) is 35.6 Å². The van der Waals surface area contributed by atoms with E-state index >= 15 is 0 Å². The third-order valence-corrected chi connectivity index (χ3v) is 7.33. The molecule has 0 amide bonds. The Morgan fingerprint density at radius 1 is 1.18 bits per heavy atom. The third kappa shape index (κ3) is 3.73. The van der Waals surface area contributed by atoms with Gasteiger partial charge in [0.05, 0.1) is 24.9 Å². The van der Waals surface area contributed by atoms with Gasteiger partial charge in [-0.25, -0.2) is 9.67 Å². The first kappa shape index (κ1) is 20.8. The predicted molar refractivity (Wildman–Crippen MR) is 128 cm³/mol. The van der Waals surface area contributed by atoms with Gasteiger partial charge in [0.25, 0.3) is 0 Å². The van der Waals surface area contributed by atoms with Gasteiger partial charge >= 0.3 is 0 Å². The molecule has 0 radical (unpaired) electrons. The normalized spacial score (nSPS) is 27.6. The smallest absolute Gasteiger partial charge is 0.150 e. The Balaban J connectivity index is 1.51. The molecule has 4 atom stereocenters. The molecule has 0 N–H and O–H groups in total. The van der Waals surface area contributed by atoms with E-state index in [1.54, 1.807) is 0 Å². The van der Waals surface area contributed by atoms with Crippen LogP contribution in [0.15, 0.2) is 43.2 Å². The SMILES string of the molecule is C=C[C@@H]1COCCN1c1cc([C@H]2C[C@@H]2C)c2ccnc(-c3ccnn3C3CCCCO3)c2n1. The molecule has 1 saturated carbocycles. The van der Waals surface area contributed by atoms with Crippen LogP contribution in [0.4, 0.5) is 5.82 Å². The number of anilines is 1. The topological polar surface area (TPSA) is 65.3 Å². The molecule has 0 spiro atoms. The van der Waals surface area contributed by atoms with E-state index in [4.69, 9.17) is 19.4 Å². The van der Waals surface area contributed by atoms with Gasteiger partial charge in [0.1, 0.15) is 17.0 Å². The van der Waals surface area contributed by atoms with Gasteiger partial charge in [-0.1, -0.05) is 13.0 Å². The van der Waals surface area contributed by atoms with E-state index < -0.39 is 0 Å². The van der Waals surface area contributed by atoms with E-state index in [9.17, 15) is 0 Å². The molecule has 2 aliphatic heterocycles. The van der Waals surface area contributed by atoms with Gasteiger partial charge in [-0.05, 0) is 61.3 Å². The minimum atomic E-state index is -0.0451. The Labute approximate surface area is 194 Å². The first-order chi connectivity index (χ1) is 16.2. The maximum absolute atomic E-state index is 6.05. The first-order valence-electron chi connectivity index (χ1n) is 12.2. The third-order valence-electron chi connectivity index (χ3n) is 7.33. The molecule has 0 aromatic carbocycles. The quantitative estimate of drug-likeness (QED) is 0.530. The second-order valence-electron chi connectivity index (χ2n) is 9.50. The molecule has 5 heterocycles. The molecule has 3 aromatic rings. The number of fused-ring (bicyclic) bond motifs is 1. The van der Waals surface area contributed by atoms with E-state index in [0.717, 1.165) is 55.1 Å². The van der Waals surface area contributed by atoms with Crippen molar-refractivity contribution < 1.29 is 9.47 Å². The summed E-state index contributed by atoms with van der Waals surface area (Å²) in [4.78, 5) is 12.4. The fourth-order valence-electron chi connectivity index (χ4n) is 5.31. The molecule has 0 bridgehead atoms. The molecule has 1 unspecified atom stereocenters. The van der Waals surface area contributed by atoms with Crippen LogP contribution in [0.2, 0.25) is 0 Å². The molecule has 1 aliphatic carbocycles. The van der Waals surface area contributed by atoms with Gasteiger partial charge < -0.3 is 14.4 Å². The number of morpholine rings is 1. The van der Waals surface area contributed by atoms with E-state index in [1.807, 2.05) is 29.2 Å². The van der Waals surface area contributed by atoms with E-state index in [1.165, 1.54) is 17.4 Å². The summed E-state index contributed by atoms with van der Waals surface area (Å²) in [5.41, 5.74) is 4.16. The van der Waals surface area contributed by atoms with Crippen molar-refractivity contribution in [2.45, 2.75) is 50.8 Å². The van der Waals surface area contributed by atoms with Crippen LogP contribution in [0.5, 0.6) is 0 Å². The second-order valence-corrected chi connectivity index (χ2v) is 9.50. The maximum atomic E-state index is 6.05. The molecule has 3 fully saturated rings. The first-order valence-corrected chi connectivity index (χ1v) is 12.2. The summed E-state index contributed by atoms with van der Waals surface area (Å²) < 4.78 is 13.8. The highest BCUT2D eigenvalue weighted by Crippen LogP contribution is 2.50. The van der Waals surface area contributed by atoms with Crippen molar-refractivity contribution in [2.24, 2.45) is 5.92 Å². The van der Waals surface area contributed by atoms with Crippen LogP contribution in [-0.4, -0.2) is 52.2 Å². The minimum absolute atomic E-state index is 0.0451. The molecule has 7 nitrogen and oxygen atoms in total. The maximum Gasteiger partial charge on any atom is 0.150 e. The molecule has 3 aliphatic rings. The lowest BCUT2D eigenvalue weighted by Gasteiger charge is -2.35. The Hall–Kier alpha value is -2.77. The molecule has 7 heteroatoms. The number of pyridine rings is 2. The monoisotopic (exact) mass is 445 g/mol. The lowest BCUT2D eigenvalue weighted by molar-refractivity contribution is -0.0383. The summed E-state index contributed by atoms with van der Waals surface area (Å²) in [6.45, 7) is 9.29. The average Bonchev–Trinajstić information content (AvgIpc) is 3.39. The number of nitrogens with zero attached hydrogens (tertiary/aromatic N) is 5. The summed E-state index contributed by atoms with van der Waals surface area (Å²) in [5, 5.41) is 5.82. The van der Waals surface area contributed by atoms with Crippen molar-refractivity contribution in [2.75, 3.05) is 31.3 Å². The van der Waals surface area contributed by atoms with Crippen LogP contribution in [0.25, 0.3) is 22.3 Å². The highest BCUT2D eigenvalue weighted by molar-refractivity contribution is 5.94. The number of rotatable bonds is 5. The van der Waals surface area contributed by atoms with Gasteiger partial charge in [-0.15, -0.1) is 6.58 Å². The number of hydrogen-bond acceptors (Lipinski definition) is 6. The molecule has 33 heavy (non-hydrogen) atoms. The lowest BCUT2D eigenvalue weighted by atomic mass is 10.0. The van der Waals surface area contributed by atoms with E-state index in [0.29, 0.717) is 25.0 Å². The minimum Gasteiger partial charge on any atom is -0.377 e. The van der Waals surface area contributed by atoms with Gasteiger partial charge in [0.2, 0.25) is 0 Å². The van der Waals surface area contributed by atoms with Crippen molar-refractivity contribution in [1.29, 1.82) is 0 Å². The average molecular weight is 446 g/mol. The van der Waals surface area contributed by atoms with Crippen molar-refractivity contribution in [3.8, 4) is 11.4 Å². The number of hydrogen-bond donors (Lipinski definition) is 0. The molecule has 3 aromatic heterocycles. The molecule has 172 valence electrons. The fraction of sp³-hybridized carbons (Fsp3) is 0.500. The van der Waals surface area contributed by atoms with Crippen LogP contribution >= 0.6 is 0 Å². The molecule has 6 rings (SSSR count). The molecule has 2 saturated heterocycles. The van der Waals surface area contributed by atoms with Crippen LogP contribution in [0, 0.1) is 5.92 Å². The lowest BCUT2D eigenvalue weighted by Crippen LogP contribution is -2.44. The Bertz CT molecular complexity index is 1170. The summed E-state index contributed by atoms with van der Waals surface area (Å²) in [7, 11) is 0. The zero-order valence-electron chi connectivity index (χ0n) is 19.2. The largest absolute Gasteiger partial charge is 0.377 e. The van der Waals surface area contributed by atoms with E-state index in [-0.39, 0.29) is 12.3 Å². The Morgan fingerprint density at radius 2 is 2.09 bits per heavy atom. The Morgan fingerprint density at radius 3 is 2.88 bits per heavy atom. The number of aromatic nitrogens is 4. The summed E-state index contributed by atoms with van der Waals surface area (Å²) in [6.07, 6.45) is 10.1. The summed E-state index contributed by atoms with van der Waals surface area (Å²) in [5.74, 6) is 2.25. The van der Waals surface area contributed by atoms with Gasteiger partial charge in [-0.3, -0.25) is 4.98 Å². The van der Waals surface area contributed by atoms with Crippen molar-refractivity contribution in [3.05, 3.63) is 48.8 Å². The van der Waals surface area contributed by atoms with Crippen LogP contribution in [0.3, 0.4) is 0 Å². The Kier molecular flexibility index (Phi) is 5.38. The summed E-state index contributed by atoms with van der Waals surface area (Å²) in [6, 6.07) is 6.57. The van der Waals surface area contributed by atoms with Gasteiger partial charge in [0.15, 0.2) is 6.23 Å². The zero-order valence-corrected chi connectivity index (χ0v) is 19.2. The summed E-state index contributed by atoms with van der Waals surface area (Å²) >= 11 is 0. The zero-order chi connectivity index (χ0) is 22.4. The fourth-order valence-corrected chi connectivity index (χ4v) is 5.31. The molecular weight excluding hydrogens is 414 g/mol. The van der Waals surface area contributed by atoms with Crippen LogP contribution in [-0.2, 0) is 9.47 Å². The number of ether oxygens (including phenoxy) is 2. The predicted octanol–water partition coefficient (Wildman–Crippen LogP) is 4.71. The van der Waals surface area contributed by atoms with Crippen molar-refractivity contribution in [1.82, 2.24) is 19.7 Å². The van der Waals surface area contributed by atoms with Crippen molar-refractivity contribution in [3.63, 3.8) is 0 Å². The van der Waals surface area contributed by atoms with Gasteiger partial charge in [0, 0.05) is 30.9 Å². The standard InChI is InChI=1S/C26H31N5O2/c1-3-18-16-32-13-11-30(18)23-15-21(20-14-17(20)2)19-7-9-27-26(25(19)29-23)22-8-10-28-31(22)24-6-4-5-12-33-24/h3,7-10,15,17-18,20,24H,1,4-6,11-14,16H2,2H3/t17-,18+,20-,24?/m0/s1. The van der Waals surface area contributed by atoms with Crippen molar-refractivity contribution >= 4 is 16.7 Å². The van der Waals surface area contributed by atoms with Crippen LogP contribution < -0.4 is 4.90 Å². The van der Waals surface area contributed by atoms with Gasteiger partial charge in [-0.2, -0.15) is 5.10 Å².